The molecule has 0 unspecified atom stereocenters. The van der Waals surface area contributed by atoms with Gasteiger partial charge in [-0.1, -0.05) is 11.8 Å². The van der Waals surface area contributed by atoms with Crippen molar-refractivity contribution in [2.75, 3.05) is 13.2 Å². The minimum absolute atomic E-state index is 0.0306. The standard InChI is InChI=1S/C14H15N3O2S/c18-7-2-1-3-11-5-8-20-13(11)14(19)16-6-4-12-9-15-10-17-12/h5,8-10,18H,2,4,6-7H2,(H,15,17)(H,16,19). The summed E-state index contributed by atoms with van der Waals surface area (Å²) in [5.74, 6) is 5.61. The van der Waals surface area contributed by atoms with Crippen molar-refractivity contribution >= 4 is 17.2 Å². The molecule has 0 fully saturated rings. The van der Waals surface area contributed by atoms with Crippen molar-refractivity contribution in [1.29, 1.82) is 0 Å². The first kappa shape index (κ1) is 14.3. The second kappa shape index (κ2) is 7.48. The number of H-pyrrole nitrogens is 1. The van der Waals surface area contributed by atoms with Gasteiger partial charge in [-0.3, -0.25) is 4.79 Å². The van der Waals surface area contributed by atoms with E-state index < -0.39 is 0 Å². The first-order valence-electron chi connectivity index (χ1n) is 6.24. The Balaban J connectivity index is 1.89. The lowest BCUT2D eigenvalue weighted by Crippen LogP contribution is -2.25. The molecule has 1 amide bonds. The fraction of sp³-hybridized carbons (Fsp3) is 0.286. The third-order valence-electron chi connectivity index (χ3n) is 2.57. The minimum atomic E-state index is -0.118. The van der Waals surface area contributed by atoms with E-state index in [-0.39, 0.29) is 12.5 Å². The molecule has 0 aromatic carbocycles. The number of thiophene rings is 1. The monoisotopic (exact) mass is 289 g/mol. The summed E-state index contributed by atoms with van der Waals surface area (Å²) >= 11 is 1.37. The van der Waals surface area contributed by atoms with Crippen molar-refractivity contribution in [1.82, 2.24) is 15.3 Å². The highest BCUT2D eigenvalue weighted by Crippen LogP contribution is 2.15. The van der Waals surface area contributed by atoms with Gasteiger partial charge in [0.2, 0.25) is 0 Å². The van der Waals surface area contributed by atoms with E-state index in [0.29, 0.717) is 29.8 Å². The van der Waals surface area contributed by atoms with Gasteiger partial charge in [0.25, 0.3) is 5.91 Å². The van der Waals surface area contributed by atoms with Gasteiger partial charge in [-0.05, 0) is 11.4 Å². The molecule has 0 radical (unpaired) electrons. The van der Waals surface area contributed by atoms with Gasteiger partial charge in [0.05, 0.1) is 12.9 Å². The molecule has 0 aliphatic carbocycles. The van der Waals surface area contributed by atoms with E-state index in [2.05, 4.69) is 27.1 Å². The van der Waals surface area contributed by atoms with Crippen LogP contribution in [0.25, 0.3) is 0 Å². The zero-order valence-corrected chi connectivity index (χ0v) is 11.7. The van der Waals surface area contributed by atoms with E-state index in [1.807, 2.05) is 11.4 Å². The van der Waals surface area contributed by atoms with Gasteiger partial charge in [-0.2, -0.15) is 0 Å². The van der Waals surface area contributed by atoms with E-state index in [1.54, 1.807) is 12.5 Å². The van der Waals surface area contributed by atoms with Gasteiger partial charge in [0, 0.05) is 36.8 Å². The van der Waals surface area contributed by atoms with E-state index >= 15 is 0 Å². The summed E-state index contributed by atoms with van der Waals surface area (Å²) in [4.78, 5) is 19.6. The van der Waals surface area contributed by atoms with Crippen molar-refractivity contribution in [2.45, 2.75) is 12.8 Å². The van der Waals surface area contributed by atoms with Gasteiger partial charge in [0.15, 0.2) is 0 Å². The molecular formula is C14H15N3O2S. The van der Waals surface area contributed by atoms with Crippen molar-refractivity contribution in [3.8, 4) is 11.8 Å². The zero-order valence-electron chi connectivity index (χ0n) is 10.8. The van der Waals surface area contributed by atoms with Crippen molar-refractivity contribution in [3.05, 3.63) is 40.1 Å². The molecule has 3 N–H and O–H groups in total. The largest absolute Gasteiger partial charge is 0.395 e. The lowest BCUT2D eigenvalue weighted by molar-refractivity contribution is 0.0958. The molecule has 2 aromatic rings. The minimum Gasteiger partial charge on any atom is -0.395 e. The highest BCUT2D eigenvalue weighted by atomic mass is 32.1. The van der Waals surface area contributed by atoms with Crippen LogP contribution in [0.3, 0.4) is 0 Å². The summed E-state index contributed by atoms with van der Waals surface area (Å²) in [6.45, 7) is 0.575. The maximum Gasteiger partial charge on any atom is 0.262 e. The molecule has 6 heteroatoms. The number of hydrogen-bond acceptors (Lipinski definition) is 4. The fourth-order valence-electron chi connectivity index (χ4n) is 1.61. The second-order valence-electron chi connectivity index (χ2n) is 4.02. The predicted molar refractivity (Wildman–Crippen MR) is 77.5 cm³/mol. The van der Waals surface area contributed by atoms with Crippen LogP contribution in [0.2, 0.25) is 0 Å². The normalized spacial score (nSPS) is 9.85. The Bertz CT molecular complexity index is 608. The van der Waals surface area contributed by atoms with Crippen LogP contribution < -0.4 is 5.32 Å². The van der Waals surface area contributed by atoms with E-state index in [4.69, 9.17) is 5.11 Å². The molecule has 2 heterocycles. The summed E-state index contributed by atoms with van der Waals surface area (Å²) < 4.78 is 0. The number of carbonyl (C=O) groups excluding carboxylic acids is 1. The number of hydrogen-bond donors (Lipinski definition) is 3. The highest BCUT2D eigenvalue weighted by Gasteiger charge is 2.11. The Morgan fingerprint density at radius 2 is 2.45 bits per heavy atom. The third-order valence-corrected chi connectivity index (χ3v) is 3.48. The van der Waals surface area contributed by atoms with Crippen molar-refractivity contribution in [2.24, 2.45) is 0 Å². The number of nitrogens with one attached hydrogen (secondary N) is 2. The number of rotatable bonds is 5. The number of aromatic amines is 1. The quantitative estimate of drug-likeness (QED) is 0.723. The molecule has 0 aliphatic rings. The molecular weight excluding hydrogens is 274 g/mol. The summed E-state index contributed by atoms with van der Waals surface area (Å²) in [7, 11) is 0. The SMILES string of the molecule is O=C(NCCc1cnc[nH]1)c1sccc1C#CCCO. The number of nitrogens with zero attached hydrogens (tertiary/aromatic N) is 1. The van der Waals surface area contributed by atoms with Crippen LogP contribution in [0.15, 0.2) is 24.0 Å². The van der Waals surface area contributed by atoms with E-state index in [0.717, 1.165) is 5.69 Å². The molecule has 2 aromatic heterocycles. The second-order valence-corrected chi connectivity index (χ2v) is 4.94. The van der Waals surface area contributed by atoms with Gasteiger partial charge in [0.1, 0.15) is 4.88 Å². The topological polar surface area (TPSA) is 78.0 Å². The van der Waals surface area contributed by atoms with Crippen LogP contribution in [0.4, 0.5) is 0 Å². The predicted octanol–water partition coefficient (Wildman–Crippen LogP) is 1.18. The smallest absolute Gasteiger partial charge is 0.262 e. The number of aliphatic hydroxyl groups excluding tert-OH is 1. The van der Waals surface area contributed by atoms with Crippen LogP contribution >= 0.6 is 11.3 Å². The Morgan fingerprint density at radius 1 is 1.55 bits per heavy atom. The lowest BCUT2D eigenvalue weighted by Gasteiger charge is -2.02. The first-order valence-corrected chi connectivity index (χ1v) is 7.12. The fourth-order valence-corrected chi connectivity index (χ4v) is 2.38. The Kier molecular flexibility index (Phi) is 5.35. The van der Waals surface area contributed by atoms with Crippen LogP contribution in [0.5, 0.6) is 0 Å². The van der Waals surface area contributed by atoms with Crippen LogP contribution in [0.1, 0.15) is 27.3 Å². The van der Waals surface area contributed by atoms with Crippen LogP contribution in [-0.4, -0.2) is 34.1 Å². The molecule has 0 spiro atoms. The molecule has 0 saturated heterocycles. The average Bonchev–Trinajstić information content (AvgIpc) is 3.10. The summed E-state index contributed by atoms with van der Waals surface area (Å²) in [5, 5.41) is 13.4. The highest BCUT2D eigenvalue weighted by molar-refractivity contribution is 7.12. The molecule has 0 bridgehead atoms. The van der Waals surface area contributed by atoms with Gasteiger partial charge >= 0.3 is 0 Å². The molecule has 2 rings (SSSR count). The van der Waals surface area contributed by atoms with Gasteiger partial charge in [-0.15, -0.1) is 11.3 Å². The van der Waals surface area contributed by atoms with Crippen molar-refractivity contribution < 1.29 is 9.90 Å². The van der Waals surface area contributed by atoms with Crippen molar-refractivity contribution in [3.63, 3.8) is 0 Å². The average molecular weight is 289 g/mol. The molecule has 0 aliphatic heterocycles. The number of aromatic nitrogens is 2. The summed E-state index contributed by atoms with van der Waals surface area (Å²) in [6.07, 6.45) is 4.48. The maximum absolute atomic E-state index is 12.0. The zero-order chi connectivity index (χ0) is 14.2. The number of amides is 1. The third kappa shape index (κ3) is 3.95. The van der Waals surface area contributed by atoms with Crippen LogP contribution in [0, 0.1) is 11.8 Å². The maximum atomic E-state index is 12.0. The van der Waals surface area contributed by atoms with Gasteiger partial charge in [-0.25, -0.2) is 4.98 Å². The Labute approximate surface area is 121 Å². The molecule has 5 nitrogen and oxygen atoms in total. The number of carbonyl (C=O) groups is 1. The summed E-state index contributed by atoms with van der Waals surface area (Å²) in [6, 6.07) is 1.82. The Morgan fingerprint density at radius 3 is 3.20 bits per heavy atom. The van der Waals surface area contributed by atoms with Crippen LogP contribution in [-0.2, 0) is 6.42 Å². The summed E-state index contributed by atoms with van der Waals surface area (Å²) in [5.41, 5.74) is 1.70. The molecule has 0 atom stereocenters. The van der Waals surface area contributed by atoms with Gasteiger partial charge < -0.3 is 15.4 Å². The lowest BCUT2D eigenvalue weighted by atomic mass is 10.2. The number of imidazole rings is 1. The van der Waals surface area contributed by atoms with E-state index in [9.17, 15) is 4.79 Å². The molecule has 20 heavy (non-hydrogen) atoms. The first-order chi connectivity index (χ1) is 9.81. The molecule has 104 valence electrons. The Hall–Kier alpha value is -2.10. The van der Waals surface area contributed by atoms with E-state index in [1.165, 1.54) is 11.3 Å². The molecule has 0 saturated carbocycles. The number of aliphatic hydroxyl groups is 1.